The van der Waals surface area contributed by atoms with Gasteiger partial charge in [-0.05, 0) is 27.2 Å². The molecule has 1 rings (SSSR count). The summed E-state index contributed by atoms with van der Waals surface area (Å²) in [6, 6.07) is 0.327. The third-order valence-corrected chi connectivity index (χ3v) is 3.34. The number of ether oxygens (including phenoxy) is 1. The normalized spacial score (nSPS) is 12.9. The van der Waals surface area contributed by atoms with Crippen molar-refractivity contribution < 1.29 is 4.74 Å². The number of nitrogens with zero attached hydrogens (tertiary/aromatic N) is 2. The Labute approximate surface area is 111 Å². The van der Waals surface area contributed by atoms with E-state index in [9.17, 15) is 0 Å². The van der Waals surface area contributed by atoms with E-state index in [0.717, 1.165) is 31.9 Å². The Morgan fingerprint density at radius 3 is 2.61 bits per heavy atom. The van der Waals surface area contributed by atoms with Gasteiger partial charge in [-0.3, -0.25) is 4.68 Å². The van der Waals surface area contributed by atoms with Crippen molar-refractivity contribution in [1.29, 1.82) is 0 Å². The summed E-state index contributed by atoms with van der Waals surface area (Å²) in [4.78, 5) is 0. The van der Waals surface area contributed by atoms with E-state index < -0.39 is 0 Å². The first-order valence-corrected chi connectivity index (χ1v) is 6.89. The summed E-state index contributed by atoms with van der Waals surface area (Å²) >= 11 is 0. The van der Waals surface area contributed by atoms with Gasteiger partial charge >= 0.3 is 0 Å². The highest BCUT2D eigenvalue weighted by Gasteiger charge is 2.15. The van der Waals surface area contributed by atoms with Crippen molar-refractivity contribution in [3.63, 3.8) is 0 Å². The molecule has 1 aromatic heterocycles. The van der Waals surface area contributed by atoms with E-state index in [2.05, 4.69) is 38.1 Å². The molecule has 0 aromatic carbocycles. The minimum atomic E-state index is 0.327. The molecule has 104 valence electrons. The zero-order chi connectivity index (χ0) is 13.5. The van der Waals surface area contributed by atoms with Gasteiger partial charge in [0.2, 0.25) is 0 Å². The molecule has 1 heterocycles. The van der Waals surface area contributed by atoms with Crippen LogP contribution in [0.15, 0.2) is 0 Å². The van der Waals surface area contributed by atoms with Gasteiger partial charge in [-0.15, -0.1) is 0 Å². The summed E-state index contributed by atoms with van der Waals surface area (Å²) in [6.07, 6.45) is 2.34. The molecular weight excluding hydrogens is 226 g/mol. The lowest BCUT2D eigenvalue weighted by atomic mass is 10.1. The molecule has 0 fully saturated rings. The monoisotopic (exact) mass is 253 g/mol. The fourth-order valence-electron chi connectivity index (χ4n) is 2.21. The van der Waals surface area contributed by atoms with Crippen LogP contribution in [-0.4, -0.2) is 29.5 Å². The van der Waals surface area contributed by atoms with Crippen LogP contribution in [0.2, 0.25) is 0 Å². The second-order valence-corrected chi connectivity index (χ2v) is 4.85. The molecule has 0 aliphatic rings. The van der Waals surface area contributed by atoms with E-state index in [1.807, 2.05) is 11.7 Å². The van der Waals surface area contributed by atoms with Crippen molar-refractivity contribution in [2.45, 2.75) is 46.6 Å². The fraction of sp³-hybridized carbons (Fsp3) is 0.786. The van der Waals surface area contributed by atoms with Crippen LogP contribution in [0.1, 0.15) is 49.7 Å². The molecule has 1 N–H and O–H groups in total. The van der Waals surface area contributed by atoms with Gasteiger partial charge in [-0.1, -0.05) is 13.3 Å². The largest absolute Gasteiger partial charge is 0.380 e. The summed E-state index contributed by atoms with van der Waals surface area (Å²) in [5, 5.41) is 7.94. The summed E-state index contributed by atoms with van der Waals surface area (Å²) in [5.41, 5.74) is 3.66. The number of nitrogens with one attached hydrogen (secondary N) is 1. The minimum absolute atomic E-state index is 0.327. The molecular formula is C14H27N3O. The molecule has 0 saturated carbocycles. The topological polar surface area (TPSA) is 39.1 Å². The first-order valence-electron chi connectivity index (χ1n) is 6.89. The Hall–Kier alpha value is -0.870. The predicted molar refractivity (Wildman–Crippen MR) is 74.8 cm³/mol. The number of rotatable bonds is 8. The second kappa shape index (κ2) is 7.54. The lowest BCUT2D eigenvalue weighted by molar-refractivity contribution is 0.131. The van der Waals surface area contributed by atoms with Crippen LogP contribution in [0.3, 0.4) is 0 Å². The van der Waals surface area contributed by atoms with Crippen LogP contribution in [0, 0.1) is 13.8 Å². The van der Waals surface area contributed by atoms with Gasteiger partial charge in [0.15, 0.2) is 0 Å². The van der Waals surface area contributed by atoms with Gasteiger partial charge in [-0.2, -0.15) is 5.10 Å². The van der Waals surface area contributed by atoms with Gasteiger partial charge in [0.25, 0.3) is 0 Å². The van der Waals surface area contributed by atoms with Gasteiger partial charge < -0.3 is 10.1 Å². The number of unbranched alkanes of at least 4 members (excludes halogenated alkanes) is 1. The Kier molecular flexibility index (Phi) is 6.36. The quantitative estimate of drug-likeness (QED) is 0.724. The molecule has 0 saturated heterocycles. The van der Waals surface area contributed by atoms with E-state index in [1.54, 1.807) is 0 Å². The van der Waals surface area contributed by atoms with Crippen molar-refractivity contribution in [3.05, 3.63) is 17.0 Å². The number of aryl methyl sites for hydroxylation is 2. The summed E-state index contributed by atoms with van der Waals surface area (Å²) in [6.45, 7) is 11.1. The average molecular weight is 253 g/mol. The molecule has 0 spiro atoms. The van der Waals surface area contributed by atoms with Crippen LogP contribution in [0.25, 0.3) is 0 Å². The van der Waals surface area contributed by atoms with Gasteiger partial charge in [0.05, 0.1) is 12.3 Å². The SMILES string of the molecule is CCCCOCCNC(C)c1c(C)nn(C)c1C. The summed E-state index contributed by atoms with van der Waals surface area (Å²) in [5.74, 6) is 0. The predicted octanol–water partition coefficient (Wildman–Crippen LogP) is 2.50. The number of hydrogen-bond acceptors (Lipinski definition) is 3. The molecule has 0 aliphatic heterocycles. The fourth-order valence-corrected chi connectivity index (χ4v) is 2.21. The zero-order valence-electron chi connectivity index (χ0n) is 12.4. The van der Waals surface area contributed by atoms with Crippen LogP contribution < -0.4 is 5.32 Å². The maximum absolute atomic E-state index is 5.54. The first-order chi connectivity index (χ1) is 8.57. The van der Waals surface area contributed by atoms with E-state index in [0.29, 0.717) is 6.04 Å². The van der Waals surface area contributed by atoms with Crippen LogP contribution >= 0.6 is 0 Å². The maximum Gasteiger partial charge on any atom is 0.0644 e. The van der Waals surface area contributed by atoms with E-state index in [1.165, 1.54) is 17.7 Å². The van der Waals surface area contributed by atoms with Crippen molar-refractivity contribution in [3.8, 4) is 0 Å². The number of aromatic nitrogens is 2. The second-order valence-electron chi connectivity index (χ2n) is 4.85. The molecule has 1 aromatic rings. The van der Waals surface area contributed by atoms with Gasteiger partial charge in [0, 0.05) is 37.5 Å². The highest BCUT2D eigenvalue weighted by molar-refractivity contribution is 5.27. The standard InChI is InChI=1S/C14H27N3O/c1-6-7-9-18-10-8-15-11(2)14-12(3)16-17(5)13(14)4/h11,15H,6-10H2,1-5H3. The molecule has 1 atom stereocenters. The van der Waals surface area contributed by atoms with Crippen molar-refractivity contribution in [2.75, 3.05) is 19.8 Å². The van der Waals surface area contributed by atoms with E-state index in [-0.39, 0.29) is 0 Å². The third kappa shape index (κ3) is 4.10. The van der Waals surface area contributed by atoms with Crippen LogP contribution in [-0.2, 0) is 11.8 Å². The molecule has 0 bridgehead atoms. The third-order valence-electron chi connectivity index (χ3n) is 3.34. The summed E-state index contributed by atoms with van der Waals surface area (Å²) < 4.78 is 7.49. The molecule has 0 amide bonds. The molecule has 0 radical (unpaired) electrons. The highest BCUT2D eigenvalue weighted by Crippen LogP contribution is 2.20. The Balaban J connectivity index is 2.34. The van der Waals surface area contributed by atoms with Gasteiger partial charge in [-0.25, -0.2) is 0 Å². The van der Waals surface area contributed by atoms with Crippen LogP contribution in [0.4, 0.5) is 0 Å². The van der Waals surface area contributed by atoms with Crippen molar-refractivity contribution >= 4 is 0 Å². The molecule has 4 nitrogen and oxygen atoms in total. The summed E-state index contributed by atoms with van der Waals surface area (Å²) in [7, 11) is 1.99. The maximum atomic E-state index is 5.54. The number of hydrogen-bond donors (Lipinski definition) is 1. The highest BCUT2D eigenvalue weighted by atomic mass is 16.5. The Bertz CT molecular complexity index is 360. The first kappa shape index (κ1) is 15.2. The molecule has 0 aliphatic carbocycles. The minimum Gasteiger partial charge on any atom is -0.380 e. The lowest BCUT2D eigenvalue weighted by Crippen LogP contribution is -2.24. The smallest absolute Gasteiger partial charge is 0.0644 e. The lowest BCUT2D eigenvalue weighted by Gasteiger charge is -2.14. The Morgan fingerprint density at radius 1 is 1.33 bits per heavy atom. The average Bonchev–Trinajstić information content (AvgIpc) is 2.58. The van der Waals surface area contributed by atoms with E-state index >= 15 is 0 Å². The van der Waals surface area contributed by atoms with Gasteiger partial charge in [0.1, 0.15) is 0 Å². The Morgan fingerprint density at radius 2 is 2.06 bits per heavy atom. The molecule has 18 heavy (non-hydrogen) atoms. The van der Waals surface area contributed by atoms with Crippen molar-refractivity contribution in [1.82, 2.24) is 15.1 Å². The molecule has 4 heteroatoms. The van der Waals surface area contributed by atoms with E-state index in [4.69, 9.17) is 4.74 Å². The molecule has 1 unspecified atom stereocenters. The van der Waals surface area contributed by atoms with Crippen molar-refractivity contribution in [2.24, 2.45) is 7.05 Å². The zero-order valence-corrected chi connectivity index (χ0v) is 12.4. The van der Waals surface area contributed by atoms with Crippen LogP contribution in [0.5, 0.6) is 0 Å².